The molecule has 130 valence electrons. The van der Waals surface area contributed by atoms with Crippen LogP contribution in [0.1, 0.15) is 15.9 Å². The number of hydrogen-bond donors (Lipinski definition) is 1. The summed E-state index contributed by atoms with van der Waals surface area (Å²) in [7, 11) is 0. The van der Waals surface area contributed by atoms with Gasteiger partial charge in [0.15, 0.2) is 0 Å². The van der Waals surface area contributed by atoms with Gasteiger partial charge >= 0.3 is 18.2 Å². The zero-order valence-corrected chi connectivity index (χ0v) is 12.8. The molecule has 7 nitrogen and oxygen atoms in total. The van der Waals surface area contributed by atoms with Crippen molar-refractivity contribution < 1.29 is 32.6 Å². The smallest absolute Gasteiger partial charge is 0.419 e. The monoisotopic (exact) mass is 365 g/mol. The molecule has 0 saturated carbocycles. The number of aromatic nitrogens is 1. The van der Waals surface area contributed by atoms with Crippen LogP contribution in [-0.4, -0.2) is 59.3 Å². The number of hydrogen-bond acceptors (Lipinski definition) is 5. The van der Waals surface area contributed by atoms with Gasteiger partial charge in [0.2, 0.25) is 0 Å². The first-order valence-corrected chi connectivity index (χ1v) is 7.25. The van der Waals surface area contributed by atoms with Crippen molar-refractivity contribution in [3.8, 4) is 0 Å². The van der Waals surface area contributed by atoms with Gasteiger partial charge in [0, 0.05) is 19.6 Å². The molecule has 0 spiro atoms. The number of nitrogens with zero attached hydrogens (tertiary/aromatic N) is 3. The highest BCUT2D eigenvalue weighted by atomic mass is 35.5. The third-order valence-corrected chi connectivity index (χ3v) is 4.20. The number of carbonyl (C=O) groups excluding carboxylic acids is 1. The lowest BCUT2D eigenvalue weighted by atomic mass is 10.1. The zero-order chi connectivity index (χ0) is 17.6. The third kappa shape index (κ3) is 2.81. The molecule has 1 saturated heterocycles. The van der Waals surface area contributed by atoms with Crippen LogP contribution in [0.4, 0.5) is 23.8 Å². The number of cyclic esters (lactones) is 1. The first kappa shape index (κ1) is 16.6. The van der Waals surface area contributed by atoms with E-state index in [2.05, 4.69) is 4.98 Å². The van der Waals surface area contributed by atoms with Crippen LogP contribution in [0.2, 0.25) is 5.15 Å². The van der Waals surface area contributed by atoms with Gasteiger partial charge in [-0.05, 0) is 6.07 Å². The molecule has 1 atom stereocenters. The van der Waals surface area contributed by atoms with Gasteiger partial charge in [-0.3, -0.25) is 0 Å². The lowest BCUT2D eigenvalue weighted by Crippen LogP contribution is -2.56. The van der Waals surface area contributed by atoms with Gasteiger partial charge < -0.3 is 19.6 Å². The predicted octanol–water partition coefficient (Wildman–Crippen LogP) is 2.09. The summed E-state index contributed by atoms with van der Waals surface area (Å²) in [4.78, 5) is 29.6. The van der Waals surface area contributed by atoms with Crippen molar-refractivity contribution in [1.29, 1.82) is 0 Å². The van der Waals surface area contributed by atoms with Gasteiger partial charge in [0.1, 0.15) is 23.1 Å². The molecule has 1 N–H and O–H groups in total. The lowest BCUT2D eigenvalue weighted by Gasteiger charge is -2.39. The van der Waals surface area contributed by atoms with Crippen LogP contribution in [0.25, 0.3) is 0 Å². The average molecular weight is 366 g/mol. The molecule has 0 aromatic carbocycles. The van der Waals surface area contributed by atoms with Crippen molar-refractivity contribution >= 4 is 29.5 Å². The Kier molecular flexibility index (Phi) is 3.94. The van der Waals surface area contributed by atoms with Gasteiger partial charge in [0.25, 0.3) is 0 Å². The second kappa shape index (κ2) is 5.69. The molecule has 1 aromatic heterocycles. The molecule has 1 aromatic rings. The van der Waals surface area contributed by atoms with Crippen molar-refractivity contribution in [2.45, 2.75) is 12.2 Å². The minimum atomic E-state index is -4.76. The van der Waals surface area contributed by atoms with E-state index in [4.69, 9.17) is 21.4 Å². The maximum Gasteiger partial charge on any atom is 0.419 e. The Morgan fingerprint density at radius 2 is 2.12 bits per heavy atom. The third-order valence-electron chi connectivity index (χ3n) is 3.91. The number of halogens is 4. The first-order chi connectivity index (χ1) is 11.2. The minimum absolute atomic E-state index is 0.0226. The normalized spacial score (nSPS) is 20.8. The van der Waals surface area contributed by atoms with Gasteiger partial charge in [-0.25, -0.2) is 14.6 Å². The van der Waals surface area contributed by atoms with Crippen LogP contribution < -0.4 is 4.90 Å². The maximum absolute atomic E-state index is 13.0. The van der Waals surface area contributed by atoms with Crippen LogP contribution >= 0.6 is 11.6 Å². The van der Waals surface area contributed by atoms with E-state index in [1.54, 1.807) is 4.90 Å². The van der Waals surface area contributed by atoms with Crippen LogP contribution in [0.15, 0.2) is 6.07 Å². The number of anilines is 1. The van der Waals surface area contributed by atoms with Gasteiger partial charge in [-0.15, -0.1) is 0 Å². The molecule has 24 heavy (non-hydrogen) atoms. The molecule has 2 aliphatic heterocycles. The number of ether oxygens (including phenoxy) is 1. The van der Waals surface area contributed by atoms with E-state index in [9.17, 15) is 22.8 Å². The molecule has 1 amide bonds. The molecular formula is C13H11ClF3N3O4. The van der Waals surface area contributed by atoms with Crippen LogP contribution in [0, 0.1) is 0 Å². The maximum atomic E-state index is 13.0. The first-order valence-electron chi connectivity index (χ1n) is 6.88. The lowest BCUT2D eigenvalue weighted by molar-refractivity contribution is -0.137. The quantitative estimate of drug-likeness (QED) is 0.560. The molecule has 3 rings (SSSR count). The molecule has 1 fully saturated rings. The highest BCUT2D eigenvalue weighted by molar-refractivity contribution is 6.30. The van der Waals surface area contributed by atoms with E-state index < -0.39 is 35.0 Å². The highest BCUT2D eigenvalue weighted by Gasteiger charge is 2.40. The number of esters is 1. The van der Waals surface area contributed by atoms with Crippen molar-refractivity contribution in [1.82, 2.24) is 9.88 Å². The number of piperazine rings is 1. The van der Waals surface area contributed by atoms with Gasteiger partial charge in [-0.2, -0.15) is 13.2 Å². The summed E-state index contributed by atoms with van der Waals surface area (Å²) in [6.45, 7) is 0.176. The fourth-order valence-corrected chi connectivity index (χ4v) is 2.99. The Hall–Kier alpha value is -2.23. The number of amides is 1. The highest BCUT2D eigenvalue weighted by Crippen LogP contribution is 2.38. The standard InChI is InChI=1S/C13H11ClF3N3O4/c14-9-8(13(15,16)17)3-7-10(18-9)20-2-1-19(12(22)23)4-6(20)5-24-11(7)21/h3,6H,1-2,4-5H2,(H,22,23)/t6-/m1/s1. The summed E-state index contributed by atoms with van der Waals surface area (Å²) in [5, 5.41) is 8.29. The number of pyridine rings is 1. The Bertz CT molecular complexity index is 712. The summed E-state index contributed by atoms with van der Waals surface area (Å²) < 4.78 is 43.9. The average Bonchev–Trinajstić information content (AvgIpc) is 2.62. The topological polar surface area (TPSA) is 83.0 Å². The molecule has 3 heterocycles. The number of alkyl halides is 3. The number of carbonyl (C=O) groups is 2. The SMILES string of the molecule is O=C1OC[C@H]2CN(C(=O)O)CCN2c2nc(Cl)c(C(F)(F)F)cc21. The Balaban J connectivity index is 2.04. The number of rotatable bonds is 0. The Morgan fingerprint density at radius 3 is 2.75 bits per heavy atom. The van der Waals surface area contributed by atoms with Crippen LogP contribution in [0.5, 0.6) is 0 Å². The van der Waals surface area contributed by atoms with Crippen molar-refractivity contribution in [2.75, 3.05) is 31.1 Å². The summed E-state index contributed by atoms with van der Waals surface area (Å²) in [6.07, 6.45) is -5.88. The van der Waals surface area contributed by atoms with E-state index in [0.717, 1.165) is 4.90 Å². The summed E-state index contributed by atoms with van der Waals surface area (Å²) >= 11 is 5.64. The van der Waals surface area contributed by atoms with E-state index in [1.807, 2.05) is 0 Å². The van der Waals surface area contributed by atoms with E-state index in [0.29, 0.717) is 6.07 Å². The molecule has 0 radical (unpaired) electrons. The second-order valence-electron chi connectivity index (χ2n) is 5.37. The fraction of sp³-hybridized carbons (Fsp3) is 0.462. The predicted molar refractivity (Wildman–Crippen MR) is 75.3 cm³/mol. The van der Waals surface area contributed by atoms with Crippen molar-refractivity contribution in [2.24, 2.45) is 0 Å². The molecular weight excluding hydrogens is 355 g/mol. The Labute approximate surface area is 138 Å². The van der Waals surface area contributed by atoms with E-state index >= 15 is 0 Å². The van der Waals surface area contributed by atoms with Crippen LogP contribution in [-0.2, 0) is 10.9 Å². The fourth-order valence-electron chi connectivity index (χ4n) is 2.75. The minimum Gasteiger partial charge on any atom is -0.465 e. The number of carboxylic acid groups (broad SMARTS) is 1. The van der Waals surface area contributed by atoms with Gasteiger partial charge in [0.05, 0.1) is 11.6 Å². The molecule has 11 heteroatoms. The van der Waals surface area contributed by atoms with Crippen molar-refractivity contribution in [3.63, 3.8) is 0 Å². The second-order valence-corrected chi connectivity index (χ2v) is 5.73. The zero-order valence-electron chi connectivity index (χ0n) is 12.0. The van der Waals surface area contributed by atoms with Crippen LogP contribution in [0.3, 0.4) is 0 Å². The van der Waals surface area contributed by atoms with E-state index in [1.165, 1.54) is 0 Å². The summed E-state index contributed by atoms with van der Waals surface area (Å²) in [5.74, 6) is -0.971. The van der Waals surface area contributed by atoms with Gasteiger partial charge in [-0.1, -0.05) is 11.6 Å². The molecule has 0 unspecified atom stereocenters. The molecule has 2 aliphatic rings. The van der Waals surface area contributed by atoms with Crippen molar-refractivity contribution in [3.05, 3.63) is 22.3 Å². The Morgan fingerprint density at radius 1 is 1.42 bits per heavy atom. The number of fused-ring (bicyclic) bond motifs is 3. The summed E-state index contributed by atoms with van der Waals surface area (Å²) in [6, 6.07) is 0.0826. The molecule has 0 bridgehead atoms. The molecule has 0 aliphatic carbocycles. The largest absolute Gasteiger partial charge is 0.465 e. The summed E-state index contributed by atoms with van der Waals surface area (Å²) in [5.41, 5.74) is -1.56. The van der Waals surface area contributed by atoms with E-state index in [-0.39, 0.29) is 37.6 Å².